The van der Waals surface area contributed by atoms with E-state index in [-0.39, 0.29) is 6.61 Å². The number of hydrogen-bond donors (Lipinski definition) is 1. The van der Waals surface area contributed by atoms with Crippen LogP contribution in [0.1, 0.15) is 30.0 Å². The second-order valence-corrected chi connectivity index (χ2v) is 4.59. The van der Waals surface area contributed by atoms with Crippen molar-refractivity contribution in [3.05, 3.63) is 48.0 Å². The third-order valence-electron chi connectivity index (χ3n) is 3.55. The van der Waals surface area contributed by atoms with Crippen LogP contribution in [0, 0.1) is 0 Å². The molecule has 1 aromatic carbocycles. The zero-order valence-corrected chi connectivity index (χ0v) is 10.3. The van der Waals surface area contributed by atoms with Crippen molar-refractivity contribution in [3.8, 4) is 0 Å². The van der Waals surface area contributed by atoms with Gasteiger partial charge in [-0.25, -0.2) is 0 Å². The quantitative estimate of drug-likeness (QED) is 0.761. The van der Waals surface area contributed by atoms with Gasteiger partial charge < -0.3 is 5.11 Å². The Morgan fingerprint density at radius 1 is 1.35 bits per heavy atom. The summed E-state index contributed by atoms with van der Waals surface area (Å²) in [4.78, 5) is 2.38. The lowest BCUT2D eigenvalue weighted by Crippen LogP contribution is -2.31. The Hall–Kier alpha value is -1.12. The molecule has 0 bridgehead atoms. The van der Waals surface area contributed by atoms with Gasteiger partial charge >= 0.3 is 0 Å². The highest BCUT2D eigenvalue weighted by molar-refractivity contribution is 5.34. The fourth-order valence-electron chi connectivity index (χ4n) is 2.72. The van der Waals surface area contributed by atoms with E-state index in [0.29, 0.717) is 6.04 Å². The van der Waals surface area contributed by atoms with Crippen LogP contribution in [0.2, 0.25) is 0 Å². The molecule has 1 atom stereocenters. The zero-order valence-electron chi connectivity index (χ0n) is 10.3. The molecule has 0 aliphatic heterocycles. The molecule has 1 aliphatic carbocycles. The molecule has 0 radical (unpaired) electrons. The lowest BCUT2D eigenvalue weighted by atomic mass is 10.1. The van der Waals surface area contributed by atoms with E-state index < -0.39 is 0 Å². The van der Waals surface area contributed by atoms with Crippen LogP contribution >= 0.6 is 0 Å². The van der Waals surface area contributed by atoms with Crippen LogP contribution in [-0.2, 0) is 6.42 Å². The van der Waals surface area contributed by atoms with Crippen molar-refractivity contribution in [2.75, 3.05) is 19.7 Å². The monoisotopic (exact) mass is 231 g/mol. The van der Waals surface area contributed by atoms with E-state index in [1.54, 1.807) is 0 Å². The summed E-state index contributed by atoms with van der Waals surface area (Å²) in [6.45, 7) is 5.75. The first-order valence-corrected chi connectivity index (χ1v) is 6.40. The Balaban J connectivity index is 2.12. The first-order valence-electron chi connectivity index (χ1n) is 6.40. The molecule has 17 heavy (non-hydrogen) atoms. The molecule has 2 nitrogen and oxygen atoms in total. The van der Waals surface area contributed by atoms with Crippen LogP contribution in [0.15, 0.2) is 36.9 Å². The Morgan fingerprint density at radius 2 is 2.18 bits per heavy atom. The second-order valence-electron chi connectivity index (χ2n) is 4.59. The SMILES string of the molecule is C=CCCN(CCO)C1CCc2ccccc21. The lowest BCUT2D eigenvalue weighted by molar-refractivity contribution is 0.152. The van der Waals surface area contributed by atoms with Gasteiger partial charge in [-0.2, -0.15) is 0 Å². The summed E-state index contributed by atoms with van der Waals surface area (Å²) in [6, 6.07) is 9.16. The molecule has 0 heterocycles. The topological polar surface area (TPSA) is 23.5 Å². The maximum absolute atomic E-state index is 9.18. The minimum atomic E-state index is 0.232. The van der Waals surface area contributed by atoms with Gasteiger partial charge in [-0.15, -0.1) is 6.58 Å². The number of nitrogens with zero attached hydrogens (tertiary/aromatic N) is 1. The van der Waals surface area contributed by atoms with Crippen LogP contribution in [0.5, 0.6) is 0 Å². The van der Waals surface area contributed by atoms with Crippen LogP contribution < -0.4 is 0 Å². The second kappa shape index (κ2) is 5.99. The van der Waals surface area contributed by atoms with Crippen LogP contribution in [0.3, 0.4) is 0 Å². The number of hydrogen-bond acceptors (Lipinski definition) is 2. The van der Waals surface area contributed by atoms with E-state index in [9.17, 15) is 5.11 Å². The van der Waals surface area contributed by atoms with E-state index >= 15 is 0 Å². The van der Waals surface area contributed by atoms with E-state index in [0.717, 1.165) is 25.9 Å². The van der Waals surface area contributed by atoms with Crippen LogP contribution in [-0.4, -0.2) is 29.7 Å². The summed E-state index contributed by atoms with van der Waals surface area (Å²) < 4.78 is 0. The molecule has 1 aliphatic rings. The predicted octanol–water partition coefficient (Wildman–Crippen LogP) is 2.54. The number of fused-ring (bicyclic) bond motifs is 1. The number of rotatable bonds is 6. The molecular formula is C15H21NO. The number of aliphatic hydroxyl groups is 1. The van der Waals surface area contributed by atoms with Crippen molar-refractivity contribution < 1.29 is 5.11 Å². The summed E-state index contributed by atoms with van der Waals surface area (Å²) in [5, 5.41) is 9.18. The molecule has 0 aromatic heterocycles. The van der Waals surface area contributed by atoms with Crippen molar-refractivity contribution in [1.29, 1.82) is 0 Å². The summed E-state index contributed by atoms with van der Waals surface area (Å²) in [5.41, 5.74) is 2.92. The average Bonchev–Trinajstić information content (AvgIpc) is 2.78. The van der Waals surface area contributed by atoms with Gasteiger partial charge in [0.25, 0.3) is 0 Å². The Labute approximate surface area is 104 Å². The third kappa shape index (κ3) is 2.76. The van der Waals surface area contributed by atoms with Crippen molar-refractivity contribution >= 4 is 0 Å². The molecule has 1 N–H and O–H groups in total. The highest BCUT2D eigenvalue weighted by Crippen LogP contribution is 2.35. The van der Waals surface area contributed by atoms with Gasteiger partial charge in [0, 0.05) is 19.1 Å². The average molecular weight is 231 g/mol. The van der Waals surface area contributed by atoms with Gasteiger partial charge in [0.05, 0.1) is 6.61 Å². The molecule has 92 valence electrons. The van der Waals surface area contributed by atoms with Gasteiger partial charge in [-0.05, 0) is 30.4 Å². The van der Waals surface area contributed by atoms with Crippen molar-refractivity contribution in [3.63, 3.8) is 0 Å². The van der Waals surface area contributed by atoms with Crippen molar-refractivity contribution in [2.24, 2.45) is 0 Å². The highest BCUT2D eigenvalue weighted by Gasteiger charge is 2.26. The molecule has 0 saturated carbocycles. The van der Waals surface area contributed by atoms with E-state index in [1.807, 2.05) is 6.08 Å². The maximum atomic E-state index is 9.18. The number of aliphatic hydroxyl groups excluding tert-OH is 1. The zero-order chi connectivity index (χ0) is 12.1. The molecule has 0 spiro atoms. The van der Waals surface area contributed by atoms with Gasteiger partial charge in [-0.1, -0.05) is 30.3 Å². The Kier molecular flexibility index (Phi) is 4.35. The van der Waals surface area contributed by atoms with Crippen LogP contribution in [0.25, 0.3) is 0 Å². The normalized spacial score (nSPS) is 18.4. The van der Waals surface area contributed by atoms with Gasteiger partial charge in [0.15, 0.2) is 0 Å². The van der Waals surface area contributed by atoms with E-state index in [2.05, 4.69) is 35.7 Å². The summed E-state index contributed by atoms with van der Waals surface area (Å²) in [6.07, 6.45) is 5.28. The molecule has 0 amide bonds. The number of aryl methyl sites for hydroxylation is 1. The smallest absolute Gasteiger partial charge is 0.0558 e. The molecular weight excluding hydrogens is 210 g/mol. The van der Waals surface area contributed by atoms with Gasteiger partial charge in [0.1, 0.15) is 0 Å². The fraction of sp³-hybridized carbons (Fsp3) is 0.467. The molecule has 0 fully saturated rings. The molecule has 2 rings (SSSR count). The Morgan fingerprint density at radius 3 is 2.94 bits per heavy atom. The van der Waals surface area contributed by atoms with Gasteiger partial charge in [-0.3, -0.25) is 4.90 Å². The molecule has 1 aromatic rings. The first kappa shape index (κ1) is 12.3. The summed E-state index contributed by atoms with van der Waals surface area (Å²) in [5.74, 6) is 0. The highest BCUT2D eigenvalue weighted by atomic mass is 16.3. The Bertz CT molecular complexity index is 375. The van der Waals surface area contributed by atoms with E-state index in [1.165, 1.54) is 17.5 Å². The largest absolute Gasteiger partial charge is 0.395 e. The van der Waals surface area contributed by atoms with Gasteiger partial charge in [0.2, 0.25) is 0 Å². The fourth-order valence-corrected chi connectivity index (χ4v) is 2.72. The summed E-state index contributed by atoms with van der Waals surface area (Å²) >= 11 is 0. The third-order valence-corrected chi connectivity index (χ3v) is 3.55. The molecule has 1 unspecified atom stereocenters. The number of benzene rings is 1. The predicted molar refractivity (Wildman–Crippen MR) is 71.0 cm³/mol. The minimum Gasteiger partial charge on any atom is -0.395 e. The standard InChI is InChI=1S/C15H21NO/c1-2-3-10-16(11-12-17)15-9-8-13-6-4-5-7-14(13)15/h2,4-7,15,17H,1,3,8-12H2. The van der Waals surface area contributed by atoms with E-state index in [4.69, 9.17) is 0 Å². The summed E-state index contributed by atoms with van der Waals surface area (Å²) in [7, 11) is 0. The lowest BCUT2D eigenvalue weighted by Gasteiger charge is -2.28. The molecule has 2 heteroatoms. The molecule has 0 saturated heterocycles. The van der Waals surface area contributed by atoms with Crippen molar-refractivity contribution in [2.45, 2.75) is 25.3 Å². The van der Waals surface area contributed by atoms with Crippen molar-refractivity contribution in [1.82, 2.24) is 4.90 Å². The maximum Gasteiger partial charge on any atom is 0.0558 e. The first-order chi connectivity index (χ1) is 8.36. The van der Waals surface area contributed by atoms with Crippen LogP contribution in [0.4, 0.5) is 0 Å². The minimum absolute atomic E-state index is 0.232.